The Balaban J connectivity index is 0.000000112. The highest BCUT2D eigenvalue weighted by Gasteiger charge is 1.87. The Labute approximate surface area is 66.5 Å². The van der Waals surface area contributed by atoms with Crippen molar-refractivity contribution in [3.8, 4) is 0 Å². The number of nitrogens with zero attached hydrogens (tertiary/aromatic N) is 6. The Morgan fingerprint density at radius 3 is 2.18 bits per heavy atom. The highest BCUT2D eigenvalue weighted by Crippen LogP contribution is 2.03. The molecule has 0 atom stereocenters. The van der Waals surface area contributed by atoms with Crippen LogP contribution in [0.4, 0.5) is 0 Å². The molecule has 2 rings (SSSR count). The molecule has 0 bridgehead atoms. The van der Waals surface area contributed by atoms with Crippen LogP contribution < -0.4 is 0 Å². The topological polar surface area (TPSA) is 75.2 Å². The quantitative estimate of drug-likeness (QED) is 0.592. The second-order valence-electron chi connectivity index (χ2n) is 1.38. The molecule has 11 heavy (non-hydrogen) atoms. The molecule has 1 aliphatic rings. The molecule has 7 heteroatoms. The van der Waals surface area contributed by atoms with E-state index in [1.54, 1.807) is 6.20 Å². The van der Waals surface area contributed by atoms with Gasteiger partial charge in [-0.1, -0.05) is 11.1 Å². The maximum atomic E-state index is 3.51. The highest BCUT2D eigenvalue weighted by atomic mass is 32.1. The zero-order valence-corrected chi connectivity index (χ0v) is 6.27. The van der Waals surface area contributed by atoms with E-state index in [-0.39, 0.29) is 0 Å². The summed E-state index contributed by atoms with van der Waals surface area (Å²) in [5.74, 6) is 0.370. The van der Waals surface area contributed by atoms with Crippen molar-refractivity contribution in [2.45, 2.75) is 0 Å². The van der Waals surface area contributed by atoms with Crippen LogP contribution in [-0.2, 0) is 0 Å². The summed E-state index contributed by atoms with van der Waals surface area (Å²) in [5.41, 5.74) is 0. The van der Waals surface area contributed by atoms with E-state index >= 15 is 0 Å². The number of rotatable bonds is 0. The Morgan fingerprint density at radius 1 is 1.27 bits per heavy atom. The van der Waals surface area contributed by atoms with Crippen LogP contribution >= 0.6 is 11.5 Å². The molecular weight excluding hydrogens is 164 g/mol. The van der Waals surface area contributed by atoms with Crippen LogP contribution in [0.2, 0.25) is 0 Å². The minimum atomic E-state index is 0.370. The molecule has 0 aliphatic carbocycles. The van der Waals surface area contributed by atoms with Gasteiger partial charge in [-0.15, -0.1) is 15.3 Å². The number of hydrogen-bond acceptors (Lipinski definition) is 7. The molecule has 0 amide bonds. The SMILES string of the molecule is C=C1N=NN=N1.c1csnn1. The molecule has 1 aromatic rings. The Morgan fingerprint density at radius 2 is 2.00 bits per heavy atom. The lowest BCUT2D eigenvalue weighted by Gasteiger charge is -1.63. The van der Waals surface area contributed by atoms with Gasteiger partial charge in [0.1, 0.15) is 0 Å². The van der Waals surface area contributed by atoms with Crippen molar-refractivity contribution in [3.63, 3.8) is 0 Å². The van der Waals surface area contributed by atoms with Crippen molar-refractivity contribution in [1.82, 2.24) is 9.59 Å². The molecule has 1 aliphatic heterocycles. The van der Waals surface area contributed by atoms with Gasteiger partial charge in [-0.2, -0.15) is 0 Å². The first-order chi connectivity index (χ1) is 5.39. The van der Waals surface area contributed by atoms with Gasteiger partial charge in [0.15, 0.2) is 5.82 Å². The predicted octanol–water partition coefficient (Wildman–Crippen LogP) is 1.83. The summed E-state index contributed by atoms with van der Waals surface area (Å²) in [4.78, 5) is 0. The molecular formula is C4H4N6S. The number of hydrogen-bond donors (Lipinski definition) is 0. The van der Waals surface area contributed by atoms with E-state index in [1.165, 1.54) is 11.5 Å². The third-order valence-corrected chi connectivity index (χ3v) is 1.07. The van der Waals surface area contributed by atoms with Crippen molar-refractivity contribution < 1.29 is 0 Å². The highest BCUT2D eigenvalue weighted by molar-refractivity contribution is 7.03. The zero-order valence-electron chi connectivity index (χ0n) is 5.45. The van der Waals surface area contributed by atoms with Crippen LogP contribution in [0.3, 0.4) is 0 Å². The van der Waals surface area contributed by atoms with Gasteiger partial charge in [0.05, 0.1) is 6.20 Å². The monoisotopic (exact) mass is 168 g/mol. The largest absolute Gasteiger partial charge is 0.192 e. The summed E-state index contributed by atoms with van der Waals surface area (Å²) in [6, 6.07) is 0. The molecule has 0 spiro atoms. The zero-order chi connectivity index (χ0) is 7.94. The fraction of sp³-hybridized carbons (Fsp3) is 0. The van der Waals surface area contributed by atoms with Crippen LogP contribution in [0.5, 0.6) is 0 Å². The Bertz CT molecular complexity index is 231. The van der Waals surface area contributed by atoms with Gasteiger partial charge in [-0.25, -0.2) is 0 Å². The fourth-order valence-corrected chi connectivity index (χ4v) is 0.571. The third kappa shape index (κ3) is 3.26. The fourth-order valence-electron chi connectivity index (χ4n) is 0.299. The molecule has 0 fully saturated rings. The first-order valence-electron chi connectivity index (χ1n) is 2.61. The Hall–Kier alpha value is -1.50. The molecule has 0 unspecified atom stereocenters. The van der Waals surface area contributed by atoms with Crippen molar-refractivity contribution in [2.24, 2.45) is 20.7 Å². The van der Waals surface area contributed by atoms with Crippen molar-refractivity contribution in [2.75, 3.05) is 0 Å². The predicted molar refractivity (Wildman–Crippen MR) is 38.8 cm³/mol. The molecule has 2 heterocycles. The minimum Gasteiger partial charge on any atom is -0.147 e. The maximum Gasteiger partial charge on any atom is 0.192 e. The van der Waals surface area contributed by atoms with Crippen LogP contribution in [0, 0.1) is 0 Å². The lowest BCUT2D eigenvalue weighted by atomic mass is 10.9. The standard InChI is InChI=1S/C2H2N4.C2H2N2S/c1-2-3-5-6-4-2;1-2-5-4-3-1/h1H2;1-2H. The lowest BCUT2D eigenvalue weighted by molar-refractivity contribution is 1.06. The van der Waals surface area contributed by atoms with Gasteiger partial charge >= 0.3 is 0 Å². The molecule has 0 aromatic carbocycles. The summed E-state index contributed by atoms with van der Waals surface area (Å²) in [6.07, 6.45) is 1.66. The summed E-state index contributed by atoms with van der Waals surface area (Å²) < 4.78 is 3.51. The second kappa shape index (κ2) is 4.34. The van der Waals surface area contributed by atoms with E-state index in [2.05, 4.69) is 36.8 Å². The molecule has 0 saturated carbocycles. The van der Waals surface area contributed by atoms with Gasteiger partial charge < -0.3 is 0 Å². The van der Waals surface area contributed by atoms with Crippen LogP contribution in [0.1, 0.15) is 0 Å². The second-order valence-corrected chi connectivity index (χ2v) is 2.03. The summed E-state index contributed by atoms with van der Waals surface area (Å²) >= 11 is 1.35. The number of aromatic nitrogens is 2. The average Bonchev–Trinajstić information content (AvgIpc) is 2.57. The summed E-state index contributed by atoms with van der Waals surface area (Å²) in [5, 5.41) is 18.3. The van der Waals surface area contributed by atoms with E-state index in [4.69, 9.17) is 0 Å². The maximum absolute atomic E-state index is 3.51. The summed E-state index contributed by atoms with van der Waals surface area (Å²) in [6.45, 7) is 3.33. The smallest absolute Gasteiger partial charge is 0.147 e. The first kappa shape index (κ1) is 7.61. The van der Waals surface area contributed by atoms with Crippen LogP contribution in [0.15, 0.2) is 44.7 Å². The lowest BCUT2D eigenvalue weighted by Crippen LogP contribution is -1.51. The van der Waals surface area contributed by atoms with Crippen molar-refractivity contribution in [1.29, 1.82) is 0 Å². The normalized spacial score (nSPS) is 12.9. The van der Waals surface area contributed by atoms with Gasteiger partial charge in [0.25, 0.3) is 0 Å². The van der Waals surface area contributed by atoms with Gasteiger partial charge in [-0.05, 0) is 22.0 Å². The van der Waals surface area contributed by atoms with E-state index in [1.807, 2.05) is 5.38 Å². The molecule has 6 nitrogen and oxygen atoms in total. The third-order valence-electron chi connectivity index (χ3n) is 0.643. The summed E-state index contributed by atoms with van der Waals surface area (Å²) in [7, 11) is 0. The van der Waals surface area contributed by atoms with Gasteiger partial charge in [0, 0.05) is 5.38 Å². The molecule has 0 N–H and O–H groups in total. The molecule has 0 saturated heterocycles. The van der Waals surface area contributed by atoms with E-state index in [0.29, 0.717) is 5.82 Å². The van der Waals surface area contributed by atoms with E-state index in [0.717, 1.165) is 0 Å². The van der Waals surface area contributed by atoms with Crippen LogP contribution in [-0.4, -0.2) is 9.59 Å². The Kier molecular flexibility index (Phi) is 3.00. The van der Waals surface area contributed by atoms with Crippen molar-refractivity contribution in [3.05, 3.63) is 24.0 Å². The molecule has 0 radical (unpaired) electrons. The van der Waals surface area contributed by atoms with Gasteiger partial charge in [0.2, 0.25) is 0 Å². The van der Waals surface area contributed by atoms with Gasteiger partial charge in [-0.3, -0.25) is 0 Å². The van der Waals surface area contributed by atoms with E-state index < -0.39 is 0 Å². The van der Waals surface area contributed by atoms with E-state index in [9.17, 15) is 0 Å². The van der Waals surface area contributed by atoms with Crippen molar-refractivity contribution >= 4 is 11.5 Å². The molecule has 1 aromatic heterocycles. The minimum absolute atomic E-state index is 0.370. The van der Waals surface area contributed by atoms with Crippen LogP contribution in [0.25, 0.3) is 0 Å². The first-order valence-corrected chi connectivity index (χ1v) is 3.45. The average molecular weight is 168 g/mol. The molecule has 56 valence electrons.